The molecule has 6 nitrogen and oxygen atoms in total. The summed E-state index contributed by atoms with van der Waals surface area (Å²) in [6, 6.07) is 6.27. The molecule has 1 saturated carbocycles. The number of hydrogen-bond acceptors (Lipinski definition) is 4. The summed E-state index contributed by atoms with van der Waals surface area (Å²) in [5.41, 5.74) is 2.25. The maximum Gasteiger partial charge on any atom is 0.191 e. The fourth-order valence-electron chi connectivity index (χ4n) is 3.87. The Morgan fingerprint density at radius 1 is 1.25 bits per heavy atom. The molecule has 3 unspecified atom stereocenters. The molecule has 2 aliphatic rings. The summed E-state index contributed by atoms with van der Waals surface area (Å²) in [5, 5.41) is 16.7. The number of aliphatic hydroxyl groups is 1. The summed E-state index contributed by atoms with van der Waals surface area (Å²) >= 11 is 0. The maximum atomic E-state index is 10.0. The second-order valence-corrected chi connectivity index (χ2v) is 7.89. The van der Waals surface area contributed by atoms with E-state index in [0.29, 0.717) is 19.1 Å². The van der Waals surface area contributed by atoms with Crippen molar-refractivity contribution in [2.75, 3.05) is 26.3 Å². The van der Waals surface area contributed by atoms with Gasteiger partial charge in [-0.15, -0.1) is 0 Å². The summed E-state index contributed by atoms with van der Waals surface area (Å²) in [6.45, 7) is 7.67. The number of nitrogens with zero attached hydrogens (tertiary/aromatic N) is 1. The van der Waals surface area contributed by atoms with Crippen molar-refractivity contribution in [2.24, 2.45) is 10.9 Å². The average molecular weight is 390 g/mol. The Morgan fingerprint density at radius 2 is 2.14 bits per heavy atom. The lowest BCUT2D eigenvalue weighted by molar-refractivity contribution is 0.0676. The molecular weight excluding hydrogens is 354 g/mol. The van der Waals surface area contributed by atoms with Crippen molar-refractivity contribution in [3.8, 4) is 5.75 Å². The first-order chi connectivity index (χ1) is 13.7. The Balaban J connectivity index is 1.60. The first-order valence-corrected chi connectivity index (χ1v) is 10.7. The number of nitrogens with one attached hydrogen (secondary N) is 2. The zero-order chi connectivity index (χ0) is 19.8. The van der Waals surface area contributed by atoms with E-state index in [1.165, 1.54) is 5.56 Å². The van der Waals surface area contributed by atoms with E-state index in [2.05, 4.69) is 42.7 Å². The van der Waals surface area contributed by atoms with Crippen molar-refractivity contribution in [3.63, 3.8) is 0 Å². The number of aliphatic imine (C=N–C) groups is 1. The molecule has 0 bridgehead atoms. The van der Waals surface area contributed by atoms with E-state index < -0.39 is 0 Å². The van der Waals surface area contributed by atoms with Crippen LogP contribution in [-0.4, -0.2) is 49.6 Å². The molecule has 1 aromatic carbocycles. The zero-order valence-electron chi connectivity index (χ0n) is 17.2. The van der Waals surface area contributed by atoms with Crippen LogP contribution in [0.4, 0.5) is 0 Å². The third-order valence-corrected chi connectivity index (χ3v) is 5.57. The Bertz CT molecular complexity index is 644. The minimum Gasteiger partial charge on any atom is -0.491 e. The normalized spacial score (nSPS) is 25.1. The Labute approximate surface area is 168 Å². The molecule has 0 aromatic heterocycles. The molecule has 1 aliphatic carbocycles. The van der Waals surface area contributed by atoms with E-state index >= 15 is 0 Å². The summed E-state index contributed by atoms with van der Waals surface area (Å²) in [4.78, 5) is 4.74. The van der Waals surface area contributed by atoms with Crippen LogP contribution in [-0.2, 0) is 11.3 Å². The number of aliphatic hydroxyl groups excluding tert-OH is 1. The van der Waals surface area contributed by atoms with Gasteiger partial charge in [-0.25, -0.2) is 4.99 Å². The lowest BCUT2D eigenvalue weighted by Gasteiger charge is -2.18. The topological polar surface area (TPSA) is 75.1 Å². The fourth-order valence-corrected chi connectivity index (χ4v) is 3.87. The van der Waals surface area contributed by atoms with E-state index in [0.717, 1.165) is 69.1 Å². The highest BCUT2D eigenvalue weighted by Crippen LogP contribution is 2.25. The molecule has 2 fully saturated rings. The van der Waals surface area contributed by atoms with Gasteiger partial charge in [0.05, 0.1) is 18.8 Å². The fraction of sp³-hybridized carbons (Fsp3) is 0.682. The quantitative estimate of drug-likeness (QED) is 0.471. The van der Waals surface area contributed by atoms with Crippen LogP contribution in [0.15, 0.2) is 23.2 Å². The first kappa shape index (κ1) is 20.9. The number of benzene rings is 1. The molecule has 1 aliphatic heterocycles. The van der Waals surface area contributed by atoms with Gasteiger partial charge in [-0.2, -0.15) is 0 Å². The van der Waals surface area contributed by atoms with Crippen molar-refractivity contribution >= 4 is 5.96 Å². The Morgan fingerprint density at radius 3 is 2.86 bits per heavy atom. The third kappa shape index (κ3) is 6.11. The van der Waals surface area contributed by atoms with Crippen LogP contribution in [0.1, 0.15) is 50.2 Å². The van der Waals surface area contributed by atoms with Gasteiger partial charge >= 0.3 is 0 Å². The van der Waals surface area contributed by atoms with Crippen LogP contribution in [0.2, 0.25) is 0 Å². The van der Waals surface area contributed by atoms with Crippen molar-refractivity contribution in [1.82, 2.24) is 10.6 Å². The smallest absolute Gasteiger partial charge is 0.191 e. The Hall–Kier alpha value is -1.79. The van der Waals surface area contributed by atoms with E-state index in [1.54, 1.807) is 0 Å². The van der Waals surface area contributed by atoms with Gasteiger partial charge in [-0.05, 0) is 51.2 Å². The number of guanidine groups is 1. The van der Waals surface area contributed by atoms with E-state index in [4.69, 9.17) is 14.5 Å². The van der Waals surface area contributed by atoms with Crippen LogP contribution >= 0.6 is 0 Å². The standard InChI is InChI=1S/C22H35N3O3/c1-3-23-22(24-13-17-6-4-8-20(17)26)25-14-18-10-9-16(2)12-21(18)28-15-19-7-5-11-27-19/h9-10,12,17,19-20,26H,3-8,11,13-15H2,1-2H3,(H2,23,24,25). The first-order valence-electron chi connectivity index (χ1n) is 10.7. The van der Waals surface area contributed by atoms with Crippen molar-refractivity contribution in [2.45, 2.75) is 64.7 Å². The molecule has 1 aromatic rings. The highest BCUT2D eigenvalue weighted by Gasteiger charge is 2.25. The van der Waals surface area contributed by atoms with Gasteiger partial charge in [0, 0.05) is 31.2 Å². The summed E-state index contributed by atoms with van der Waals surface area (Å²) in [7, 11) is 0. The van der Waals surface area contributed by atoms with E-state index in [1.807, 2.05) is 0 Å². The van der Waals surface area contributed by atoms with Crippen LogP contribution in [0.5, 0.6) is 5.75 Å². The molecule has 1 saturated heterocycles. The van der Waals surface area contributed by atoms with Gasteiger partial charge in [-0.3, -0.25) is 0 Å². The molecule has 3 N–H and O–H groups in total. The maximum absolute atomic E-state index is 10.0. The second-order valence-electron chi connectivity index (χ2n) is 7.89. The van der Waals surface area contributed by atoms with Crippen molar-refractivity contribution in [3.05, 3.63) is 29.3 Å². The van der Waals surface area contributed by atoms with Crippen LogP contribution in [0.3, 0.4) is 0 Å². The predicted octanol–water partition coefficient (Wildman–Crippen LogP) is 2.77. The van der Waals surface area contributed by atoms with Gasteiger partial charge in [0.2, 0.25) is 0 Å². The predicted molar refractivity (Wildman–Crippen MR) is 112 cm³/mol. The van der Waals surface area contributed by atoms with Gasteiger partial charge in [0.1, 0.15) is 12.4 Å². The number of rotatable bonds is 8. The molecule has 0 spiro atoms. The van der Waals surface area contributed by atoms with Gasteiger partial charge in [0.25, 0.3) is 0 Å². The summed E-state index contributed by atoms with van der Waals surface area (Å²) in [5.74, 6) is 1.99. The van der Waals surface area contributed by atoms with Gasteiger partial charge in [0.15, 0.2) is 5.96 Å². The number of aryl methyl sites for hydroxylation is 1. The molecule has 6 heteroatoms. The molecule has 0 radical (unpaired) electrons. The lowest BCUT2D eigenvalue weighted by atomic mass is 10.1. The summed E-state index contributed by atoms with van der Waals surface area (Å²) < 4.78 is 11.8. The monoisotopic (exact) mass is 389 g/mol. The lowest BCUT2D eigenvalue weighted by Crippen LogP contribution is -2.41. The Kier molecular flexibility index (Phi) is 7.98. The molecule has 28 heavy (non-hydrogen) atoms. The third-order valence-electron chi connectivity index (χ3n) is 5.57. The minimum absolute atomic E-state index is 0.190. The van der Waals surface area contributed by atoms with Gasteiger partial charge in [-0.1, -0.05) is 18.6 Å². The molecule has 3 atom stereocenters. The molecule has 156 valence electrons. The highest BCUT2D eigenvalue weighted by molar-refractivity contribution is 5.79. The highest BCUT2D eigenvalue weighted by atomic mass is 16.5. The summed E-state index contributed by atoms with van der Waals surface area (Å²) in [6.07, 6.45) is 5.30. The molecule has 0 amide bonds. The second kappa shape index (κ2) is 10.7. The zero-order valence-corrected chi connectivity index (χ0v) is 17.2. The largest absolute Gasteiger partial charge is 0.491 e. The molecule has 1 heterocycles. The number of hydrogen-bond donors (Lipinski definition) is 3. The van der Waals surface area contributed by atoms with Crippen LogP contribution in [0.25, 0.3) is 0 Å². The minimum atomic E-state index is -0.190. The van der Waals surface area contributed by atoms with E-state index in [9.17, 15) is 5.11 Å². The van der Waals surface area contributed by atoms with Crippen LogP contribution in [0, 0.1) is 12.8 Å². The van der Waals surface area contributed by atoms with Gasteiger partial charge < -0.3 is 25.2 Å². The molecular formula is C22H35N3O3. The van der Waals surface area contributed by atoms with Crippen molar-refractivity contribution < 1.29 is 14.6 Å². The van der Waals surface area contributed by atoms with Crippen LogP contribution < -0.4 is 15.4 Å². The average Bonchev–Trinajstić information content (AvgIpc) is 3.35. The SMILES string of the molecule is CCNC(=NCc1ccc(C)cc1OCC1CCCO1)NCC1CCCC1O. The number of ether oxygens (including phenoxy) is 2. The van der Waals surface area contributed by atoms with E-state index in [-0.39, 0.29) is 12.2 Å². The molecule has 3 rings (SSSR count). The van der Waals surface area contributed by atoms with Crippen molar-refractivity contribution in [1.29, 1.82) is 0 Å².